The van der Waals surface area contributed by atoms with Gasteiger partial charge in [0.1, 0.15) is 17.6 Å². The highest BCUT2D eigenvalue weighted by Crippen LogP contribution is 2.19. The Morgan fingerprint density at radius 1 is 1.04 bits per heavy atom. The number of phenols is 1. The maximum absolute atomic E-state index is 9.43. The quantitative estimate of drug-likeness (QED) is 0.770. The highest BCUT2D eigenvalue weighted by atomic mass is 16.3. The fraction of sp³-hybridized carbons (Fsp3) is 0.312. The topological polar surface area (TPSA) is 70.3 Å². The maximum Gasteiger partial charge on any atom is 0.227 e. The minimum Gasteiger partial charge on any atom is -0.508 e. The molecule has 0 aliphatic heterocycles. The van der Waals surface area contributed by atoms with Crippen LogP contribution in [-0.2, 0) is 0 Å². The van der Waals surface area contributed by atoms with Crippen molar-refractivity contribution < 1.29 is 5.11 Å². The molecule has 0 aliphatic carbocycles. The number of anilines is 1. The van der Waals surface area contributed by atoms with Crippen molar-refractivity contribution in [1.29, 1.82) is 0 Å². The largest absolute Gasteiger partial charge is 0.508 e. The van der Waals surface area contributed by atoms with Gasteiger partial charge in [-0.25, -0.2) is 9.97 Å². The molecule has 3 rings (SSSR count). The summed E-state index contributed by atoms with van der Waals surface area (Å²) in [6.07, 6.45) is 3.45. The number of aromatic hydroxyl groups is 1. The summed E-state index contributed by atoms with van der Waals surface area (Å²) >= 11 is 0. The molecule has 120 valence electrons. The summed E-state index contributed by atoms with van der Waals surface area (Å²) in [7, 11) is 6.06. The average Bonchev–Trinajstić information content (AvgIpc) is 2.96. The Morgan fingerprint density at radius 3 is 2.48 bits per heavy atom. The number of phenolic OH excluding ortho intramolecular Hbond substituents is 1. The Morgan fingerprint density at radius 2 is 1.78 bits per heavy atom. The lowest BCUT2D eigenvalue weighted by Crippen LogP contribution is -2.29. The molecular weight excluding hydrogens is 292 g/mol. The molecule has 7 nitrogen and oxygen atoms in total. The van der Waals surface area contributed by atoms with Crippen LogP contribution in [0.2, 0.25) is 0 Å². The van der Waals surface area contributed by atoms with E-state index >= 15 is 0 Å². The zero-order chi connectivity index (χ0) is 16.4. The SMILES string of the molecule is CN(C)CCN(C)c1ncc2ncn(-c3ccc(O)cc3)c2n1. The number of benzene rings is 1. The summed E-state index contributed by atoms with van der Waals surface area (Å²) in [6, 6.07) is 6.95. The van der Waals surface area contributed by atoms with Gasteiger partial charge in [0.25, 0.3) is 0 Å². The number of nitrogens with zero attached hydrogens (tertiary/aromatic N) is 6. The predicted molar refractivity (Wildman–Crippen MR) is 90.1 cm³/mol. The zero-order valence-electron chi connectivity index (χ0n) is 13.5. The second-order valence-electron chi connectivity index (χ2n) is 5.73. The molecule has 0 fully saturated rings. The number of hydrogen-bond donors (Lipinski definition) is 1. The summed E-state index contributed by atoms with van der Waals surface area (Å²) in [5, 5.41) is 9.43. The van der Waals surface area contributed by atoms with Gasteiger partial charge in [-0.05, 0) is 38.4 Å². The standard InChI is InChI=1S/C16H20N6O/c1-20(2)8-9-21(3)16-17-10-14-15(19-16)22(11-18-14)12-4-6-13(23)7-5-12/h4-7,10-11,23H,8-9H2,1-3H3. The van der Waals surface area contributed by atoms with Gasteiger partial charge in [-0.1, -0.05) is 0 Å². The molecule has 3 aromatic rings. The monoisotopic (exact) mass is 312 g/mol. The summed E-state index contributed by atoms with van der Waals surface area (Å²) in [5.74, 6) is 0.900. The van der Waals surface area contributed by atoms with E-state index in [0.29, 0.717) is 5.95 Å². The Bertz CT molecular complexity index is 796. The summed E-state index contributed by atoms with van der Waals surface area (Å²) in [6.45, 7) is 1.76. The van der Waals surface area contributed by atoms with Crippen LogP contribution < -0.4 is 4.90 Å². The summed E-state index contributed by atoms with van der Waals surface area (Å²) in [5.41, 5.74) is 2.38. The second-order valence-corrected chi connectivity index (χ2v) is 5.73. The summed E-state index contributed by atoms with van der Waals surface area (Å²) < 4.78 is 1.89. The first-order chi connectivity index (χ1) is 11.0. The van der Waals surface area contributed by atoms with Gasteiger partial charge in [0, 0.05) is 25.8 Å². The maximum atomic E-state index is 9.43. The molecule has 0 radical (unpaired) electrons. The van der Waals surface area contributed by atoms with Crippen LogP contribution in [0.15, 0.2) is 36.8 Å². The number of hydrogen-bond acceptors (Lipinski definition) is 6. The van der Waals surface area contributed by atoms with Crippen LogP contribution in [0.1, 0.15) is 0 Å². The molecule has 2 heterocycles. The molecule has 0 aliphatic rings. The smallest absolute Gasteiger partial charge is 0.227 e. The number of imidazole rings is 1. The number of likely N-dealkylation sites (N-methyl/N-ethyl adjacent to an activating group) is 2. The molecule has 23 heavy (non-hydrogen) atoms. The highest BCUT2D eigenvalue weighted by molar-refractivity contribution is 5.73. The van der Waals surface area contributed by atoms with Crippen LogP contribution in [0.25, 0.3) is 16.9 Å². The lowest BCUT2D eigenvalue weighted by Gasteiger charge is -2.19. The molecule has 0 saturated carbocycles. The van der Waals surface area contributed by atoms with E-state index in [4.69, 9.17) is 0 Å². The van der Waals surface area contributed by atoms with Crippen molar-refractivity contribution in [2.45, 2.75) is 0 Å². The van der Waals surface area contributed by atoms with Crippen LogP contribution in [0, 0.1) is 0 Å². The third-order valence-electron chi connectivity index (χ3n) is 3.63. The van der Waals surface area contributed by atoms with Crippen molar-refractivity contribution >= 4 is 17.1 Å². The minimum atomic E-state index is 0.233. The Balaban J connectivity index is 1.95. The number of fused-ring (bicyclic) bond motifs is 1. The van der Waals surface area contributed by atoms with Gasteiger partial charge < -0.3 is 14.9 Å². The van der Waals surface area contributed by atoms with Crippen molar-refractivity contribution in [3.8, 4) is 11.4 Å². The minimum absolute atomic E-state index is 0.233. The molecule has 0 bridgehead atoms. The van der Waals surface area contributed by atoms with Crippen LogP contribution in [-0.4, -0.2) is 63.8 Å². The molecule has 1 aromatic carbocycles. The molecule has 0 amide bonds. The van der Waals surface area contributed by atoms with Gasteiger partial charge in [-0.2, -0.15) is 4.98 Å². The number of rotatable bonds is 5. The first kappa shape index (κ1) is 15.2. The molecule has 2 aromatic heterocycles. The number of aromatic nitrogens is 4. The van der Waals surface area contributed by atoms with E-state index in [0.717, 1.165) is 29.9 Å². The van der Waals surface area contributed by atoms with Gasteiger partial charge >= 0.3 is 0 Å². The van der Waals surface area contributed by atoms with E-state index in [1.807, 2.05) is 42.7 Å². The molecule has 7 heteroatoms. The van der Waals surface area contributed by atoms with E-state index < -0.39 is 0 Å². The molecule has 0 saturated heterocycles. The van der Waals surface area contributed by atoms with E-state index in [2.05, 4.69) is 19.9 Å². The normalized spacial score (nSPS) is 11.3. The van der Waals surface area contributed by atoms with Crippen molar-refractivity contribution in [3.05, 3.63) is 36.8 Å². The van der Waals surface area contributed by atoms with Gasteiger partial charge in [-0.3, -0.25) is 4.57 Å². The van der Waals surface area contributed by atoms with E-state index in [1.54, 1.807) is 24.7 Å². The second kappa shape index (κ2) is 6.21. The van der Waals surface area contributed by atoms with Gasteiger partial charge in [0.05, 0.1) is 6.20 Å². The highest BCUT2D eigenvalue weighted by Gasteiger charge is 2.11. The van der Waals surface area contributed by atoms with Crippen LogP contribution in [0.4, 0.5) is 5.95 Å². The van der Waals surface area contributed by atoms with E-state index in [-0.39, 0.29) is 5.75 Å². The Hall–Kier alpha value is -2.67. The van der Waals surface area contributed by atoms with E-state index in [1.165, 1.54) is 0 Å². The molecule has 0 atom stereocenters. The van der Waals surface area contributed by atoms with Crippen LogP contribution >= 0.6 is 0 Å². The summed E-state index contributed by atoms with van der Waals surface area (Å²) in [4.78, 5) is 17.5. The lowest BCUT2D eigenvalue weighted by atomic mass is 10.3. The average molecular weight is 312 g/mol. The molecule has 0 unspecified atom stereocenters. The predicted octanol–water partition coefficient (Wildman–Crippen LogP) is 1.52. The van der Waals surface area contributed by atoms with Gasteiger partial charge in [0.2, 0.25) is 5.95 Å². The Labute approximate surface area is 134 Å². The first-order valence-corrected chi connectivity index (χ1v) is 7.40. The van der Waals surface area contributed by atoms with Crippen molar-refractivity contribution in [1.82, 2.24) is 24.4 Å². The van der Waals surface area contributed by atoms with Crippen LogP contribution in [0.3, 0.4) is 0 Å². The van der Waals surface area contributed by atoms with Crippen LogP contribution in [0.5, 0.6) is 5.75 Å². The Kier molecular flexibility index (Phi) is 4.12. The third-order valence-corrected chi connectivity index (χ3v) is 3.63. The molecule has 0 spiro atoms. The van der Waals surface area contributed by atoms with Gasteiger partial charge in [-0.15, -0.1) is 0 Å². The zero-order valence-corrected chi connectivity index (χ0v) is 13.5. The van der Waals surface area contributed by atoms with Crippen molar-refractivity contribution in [2.75, 3.05) is 39.1 Å². The van der Waals surface area contributed by atoms with Crippen molar-refractivity contribution in [3.63, 3.8) is 0 Å². The van der Waals surface area contributed by atoms with Gasteiger partial charge in [0.15, 0.2) is 5.65 Å². The fourth-order valence-corrected chi connectivity index (χ4v) is 2.24. The molecule has 1 N–H and O–H groups in total. The van der Waals surface area contributed by atoms with Crippen molar-refractivity contribution in [2.24, 2.45) is 0 Å². The first-order valence-electron chi connectivity index (χ1n) is 7.40. The molecular formula is C16H20N6O. The lowest BCUT2D eigenvalue weighted by molar-refractivity contribution is 0.415. The van der Waals surface area contributed by atoms with E-state index in [9.17, 15) is 5.11 Å². The third kappa shape index (κ3) is 3.24. The fourth-order valence-electron chi connectivity index (χ4n) is 2.24.